The minimum Gasteiger partial charge on any atom is -0.497 e. The average molecular weight is 461 g/mol. The molecule has 1 N–H and O–H groups in total. The van der Waals surface area contributed by atoms with Crippen molar-refractivity contribution in [1.82, 2.24) is 4.31 Å². The highest BCUT2D eigenvalue weighted by molar-refractivity contribution is 7.89. The summed E-state index contributed by atoms with van der Waals surface area (Å²) in [5.74, 6) is -1.55. The van der Waals surface area contributed by atoms with Crippen LogP contribution in [0.5, 0.6) is 5.75 Å². The molecule has 170 valence electrons. The Balaban J connectivity index is 1.99. The molecule has 3 rings (SSSR count). The fraction of sp³-hybridized carbons (Fsp3) is 0.318. The molecule has 0 aromatic heterocycles. The van der Waals surface area contributed by atoms with Crippen LogP contribution >= 0.6 is 0 Å². The van der Waals surface area contributed by atoms with E-state index in [0.29, 0.717) is 16.3 Å². The zero-order chi connectivity index (χ0) is 23.3. The number of hydrogen-bond donors (Lipinski definition) is 1. The fourth-order valence-corrected chi connectivity index (χ4v) is 5.08. The molecule has 0 radical (unpaired) electrons. The summed E-state index contributed by atoms with van der Waals surface area (Å²) in [5, 5.41) is 10.4. The lowest BCUT2D eigenvalue weighted by Gasteiger charge is -2.25. The van der Waals surface area contributed by atoms with Gasteiger partial charge in [-0.3, -0.25) is 4.79 Å². The molecule has 32 heavy (non-hydrogen) atoms. The van der Waals surface area contributed by atoms with E-state index in [-0.39, 0.29) is 36.6 Å². The first-order chi connectivity index (χ1) is 15.3. The van der Waals surface area contributed by atoms with Crippen LogP contribution in [-0.2, 0) is 19.6 Å². The van der Waals surface area contributed by atoms with Crippen molar-refractivity contribution in [1.29, 1.82) is 0 Å². The van der Waals surface area contributed by atoms with Crippen molar-refractivity contribution < 1.29 is 32.6 Å². The van der Waals surface area contributed by atoms with E-state index in [9.17, 15) is 23.1 Å². The molecule has 1 heterocycles. The van der Waals surface area contributed by atoms with E-state index in [1.54, 1.807) is 24.3 Å². The third-order valence-electron chi connectivity index (χ3n) is 5.04. The maximum atomic E-state index is 13.5. The van der Waals surface area contributed by atoms with Crippen LogP contribution in [0, 0.1) is 5.92 Å². The summed E-state index contributed by atoms with van der Waals surface area (Å²) in [7, 11) is -1.51. The molecule has 1 aliphatic heterocycles. The Labute approximate surface area is 185 Å². The lowest BCUT2D eigenvalue weighted by Crippen LogP contribution is -2.42. The van der Waals surface area contributed by atoms with Crippen molar-refractivity contribution in [2.24, 2.45) is 10.9 Å². The summed E-state index contributed by atoms with van der Waals surface area (Å²) in [6, 6.07) is 10.8. The number of ether oxygens (including phenoxy) is 2. The average Bonchev–Trinajstić information content (AvgIpc) is 2.80. The number of methoxy groups -OCH3 is 2. The van der Waals surface area contributed by atoms with Gasteiger partial charge in [0.1, 0.15) is 5.75 Å². The molecule has 1 atom stereocenters. The number of aliphatic hydroxyl groups excluding tert-OH is 1. The maximum absolute atomic E-state index is 13.5. The summed E-state index contributed by atoms with van der Waals surface area (Å²) in [6.07, 6.45) is 1.82. The van der Waals surface area contributed by atoms with E-state index < -0.39 is 27.8 Å². The number of hydrogen-bond acceptors (Lipinski definition) is 7. The predicted octanol–water partition coefficient (Wildman–Crippen LogP) is 0.112. The number of carbonyl (C=O) groups is 2. The van der Waals surface area contributed by atoms with E-state index in [4.69, 9.17) is 9.47 Å². The smallest absolute Gasteiger partial charge is 0.339 e. The minimum absolute atomic E-state index is 0.0402. The third kappa shape index (κ3) is 4.87. The molecule has 0 saturated carbocycles. The van der Waals surface area contributed by atoms with Gasteiger partial charge < -0.3 is 14.6 Å². The standard InChI is InChI=1S/C22H24N2O7S/c1-30-17-9-8-15-12-16(21(26)23-19(15)13-17)14-24(10-5-11-25)32(28,29)20-7-4-3-6-18(20)22(27)31-2/h3-4,6-9,12-13,16,25H,5,10-11,14H2,1-2H3. The number of esters is 1. The number of sulfonamides is 1. The minimum atomic E-state index is -4.18. The first-order valence-corrected chi connectivity index (χ1v) is 11.3. The Morgan fingerprint density at radius 2 is 1.94 bits per heavy atom. The zero-order valence-corrected chi connectivity index (χ0v) is 18.5. The number of amides is 1. The maximum Gasteiger partial charge on any atom is 0.339 e. The largest absolute Gasteiger partial charge is 0.497 e. The molecule has 2 aromatic carbocycles. The fourth-order valence-electron chi connectivity index (χ4n) is 3.39. The van der Waals surface area contributed by atoms with Crippen molar-refractivity contribution >= 4 is 28.0 Å². The Kier molecular flexibility index (Phi) is 7.39. The van der Waals surface area contributed by atoms with E-state index in [0.717, 1.165) is 4.31 Å². The van der Waals surface area contributed by atoms with Crippen molar-refractivity contribution in [3.05, 3.63) is 58.6 Å². The predicted molar refractivity (Wildman–Crippen MR) is 115 cm³/mol. The van der Waals surface area contributed by atoms with Gasteiger partial charge in [0.25, 0.3) is 5.91 Å². The first-order valence-electron chi connectivity index (χ1n) is 9.88. The molecule has 0 fully saturated rings. The molecular weight excluding hydrogens is 436 g/mol. The van der Waals surface area contributed by atoms with Crippen LogP contribution in [0.1, 0.15) is 16.8 Å². The molecule has 0 bridgehead atoms. The number of aliphatic hydroxyl groups is 1. The Hall–Kier alpha value is -3.08. The molecule has 9 nitrogen and oxygen atoms in total. The Morgan fingerprint density at radius 1 is 1.19 bits per heavy atom. The second-order valence-corrected chi connectivity index (χ2v) is 8.98. The van der Waals surface area contributed by atoms with Crippen LogP contribution in [0.15, 0.2) is 52.4 Å². The lowest BCUT2D eigenvalue weighted by molar-refractivity contribution is -0.120. The highest BCUT2D eigenvalue weighted by Crippen LogP contribution is 2.23. The van der Waals surface area contributed by atoms with Crippen LogP contribution < -0.4 is 15.3 Å². The monoisotopic (exact) mass is 460 g/mol. The molecule has 0 spiro atoms. The van der Waals surface area contributed by atoms with Gasteiger partial charge in [0.2, 0.25) is 10.0 Å². The van der Waals surface area contributed by atoms with E-state index in [1.807, 2.05) is 0 Å². The molecule has 1 amide bonds. The second-order valence-electron chi connectivity index (χ2n) is 7.08. The Bertz CT molecular complexity index is 1240. The summed E-state index contributed by atoms with van der Waals surface area (Å²) < 4.78 is 37.9. The van der Waals surface area contributed by atoms with Crippen molar-refractivity contribution in [2.45, 2.75) is 11.3 Å². The molecule has 1 unspecified atom stereocenters. The van der Waals surface area contributed by atoms with Crippen LogP contribution in [0.25, 0.3) is 6.08 Å². The lowest BCUT2D eigenvalue weighted by atomic mass is 10.0. The molecule has 10 heteroatoms. The molecule has 2 aromatic rings. The number of rotatable bonds is 9. The highest BCUT2D eigenvalue weighted by Gasteiger charge is 2.32. The van der Waals surface area contributed by atoms with Crippen molar-refractivity contribution in [3.63, 3.8) is 0 Å². The van der Waals surface area contributed by atoms with Crippen molar-refractivity contribution in [3.8, 4) is 5.75 Å². The first kappa shape index (κ1) is 23.6. The summed E-state index contributed by atoms with van der Waals surface area (Å²) >= 11 is 0. The summed E-state index contributed by atoms with van der Waals surface area (Å²) in [6.45, 7) is -0.465. The van der Waals surface area contributed by atoms with Gasteiger partial charge in [0.15, 0.2) is 0 Å². The van der Waals surface area contributed by atoms with Gasteiger partial charge in [-0.15, -0.1) is 0 Å². The van der Waals surface area contributed by atoms with Gasteiger partial charge >= 0.3 is 5.97 Å². The normalized spacial score (nSPS) is 15.5. The summed E-state index contributed by atoms with van der Waals surface area (Å²) in [5.41, 5.74) is -0.106. The van der Waals surface area contributed by atoms with Gasteiger partial charge in [-0.1, -0.05) is 18.2 Å². The topological polar surface area (TPSA) is 123 Å². The van der Waals surface area contributed by atoms with Crippen LogP contribution in [0.3, 0.4) is 0 Å². The van der Waals surface area contributed by atoms with E-state index in [2.05, 4.69) is 4.99 Å². The second kappa shape index (κ2) is 10.0. The number of nitrogens with zero attached hydrogens (tertiary/aromatic N) is 2. The van der Waals surface area contributed by atoms with Gasteiger partial charge in [-0.2, -0.15) is 4.31 Å². The van der Waals surface area contributed by atoms with Gasteiger partial charge in [0, 0.05) is 25.8 Å². The van der Waals surface area contributed by atoms with Gasteiger partial charge in [0.05, 0.1) is 36.0 Å². The van der Waals surface area contributed by atoms with Crippen molar-refractivity contribution in [2.75, 3.05) is 33.9 Å². The zero-order valence-electron chi connectivity index (χ0n) is 17.7. The van der Waals surface area contributed by atoms with Crippen LogP contribution in [0.2, 0.25) is 0 Å². The van der Waals surface area contributed by atoms with Gasteiger partial charge in [-0.05, 0) is 35.9 Å². The van der Waals surface area contributed by atoms with E-state index >= 15 is 0 Å². The number of benzene rings is 2. The highest BCUT2D eigenvalue weighted by atomic mass is 32.2. The van der Waals surface area contributed by atoms with Crippen LogP contribution in [0.4, 0.5) is 0 Å². The summed E-state index contributed by atoms with van der Waals surface area (Å²) in [4.78, 5) is 28.6. The molecular formula is C22H24N2O7S. The SMILES string of the molecule is COC(=O)c1ccccc1S(=O)(=O)N(CCCO)CC1C=c2ccc(OC)cc2=NC1=O. The third-order valence-corrected chi connectivity index (χ3v) is 6.97. The quantitative estimate of drug-likeness (QED) is 0.527. The number of fused-ring (bicyclic) bond motifs is 1. The molecule has 0 saturated heterocycles. The van der Waals surface area contributed by atoms with Crippen LogP contribution in [-0.4, -0.2) is 63.6 Å². The Morgan fingerprint density at radius 3 is 2.62 bits per heavy atom. The van der Waals surface area contributed by atoms with E-state index in [1.165, 1.54) is 38.5 Å². The van der Waals surface area contributed by atoms with Gasteiger partial charge in [-0.25, -0.2) is 18.2 Å². The number of carbonyl (C=O) groups excluding carboxylic acids is 2. The molecule has 0 aliphatic carbocycles. The molecule has 1 aliphatic rings.